The van der Waals surface area contributed by atoms with Crippen molar-refractivity contribution in [3.63, 3.8) is 0 Å². The third-order valence-electron chi connectivity index (χ3n) is 2.68. The lowest BCUT2D eigenvalue weighted by molar-refractivity contribution is 0.415. The van der Waals surface area contributed by atoms with Crippen molar-refractivity contribution in [1.82, 2.24) is 9.97 Å². The number of nitrogens with zero attached hydrogens (tertiary/aromatic N) is 2. The van der Waals surface area contributed by atoms with Crippen molar-refractivity contribution in [2.45, 2.75) is 6.92 Å². The fraction of sp³-hybridized carbons (Fsp3) is 0.231. The Bertz CT molecular complexity index is 589. The van der Waals surface area contributed by atoms with Crippen molar-refractivity contribution in [2.24, 2.45) is 0 Å². The van der Waals surface area contributed by atoms with Gasteiger partial charge < -0.3 is 15.4 Å². The maximum Gasteiger partial charge on any atom is 0.204 e. The van der Waals surface area contributed by atoms with E-state index in [9.17, 15) is 0 Å². The molecule has 0 saturated carbocycles. The number of hydrogen-bond donors (Lipinski definition) is 2. The Labute approximate surface area is 120 Å². The minimum absolute atomic E-state index is 0.585. The molecule has 1 aromatic heterocycles. The van der Waals surface area contributed by atoms with Crippen LogP contribution >= 0.6 is 15.9 Å². The lowest BCUT2D eigenvalue weighted by Gasteiger charge is -2.13. The topological polar surface area (TPSA) is 59.1 Å². The van der Waals surface area contributed by atoms with Crippen LogP contribution in [0.15, 0.2) is 29.0 Å². The Hall–Kier alpha value is -1.82. The minimum atomic E-state index is 0.585. The van der Waals surface area contributed by atoms with Gasteiger partial charge >= 0.3 is 0 Å². The predicted molar refractivity (Wildman–Crippen MR) is 80.3 cm³/mol. The van der Waals surface area contributed by atoms with Crippen LogP contribution in [0.1, 0.15) is 5.56 Å². The number of methoxy groups -OCH3 is 1. The first-order valence-corrected chi connectivity index (χ1v) is 6.55. The van der Waals surface area contributed by atoms with Gasteiger partial charge in [0, 0.05) is 17.2 Å². The van der Waals surface area contributed by atoms with E-state index in [1.165, 1.54) is 11.9 Å². The molecule has 6 heteroatoms. The third-order valence-corrected chi connectivity index (χ3v) is 3.53. The van der Waals surface area contributed by atoms with Gasteiger partial charge in [0.2, 0.25) is 5.75 Å². The maximum absolute atomic E-state index is 5.33. The minimum Gasteiger partial charge on any atom is -0.490 e. The van der Waals surface area contributed by atoms with Gasteiger partial charge in [0.15, 0.2) is 11.6 Å². The van der Waals surface area contributed by atoms with Crippen LogP contribution in [0.3, 0.4) is 0 Å². The molecule has 0 aliphatic heterocycles. The Morgan fingerprint density at radius 1 is 1.21 bits per heavy atom. The Kier molecular flexibility index (Phi) is 4.21. The molecule has 2 rings (SSSR count). The summed E-state index contributed by atoms with van der Waals surface area (Å²) < 4.78 is 6.37. The molecule has 0 aliphatic carbocycles. The molecule has 0 saturated heterocycles. The first-order valence-electron chi connectivity index (χ1n) is 5.75. The van der Waals surface area contributed by atoms with E-state index in [1.54, 1.807) is 14.2 Å². The van der Waals surface area contributed by atoms with E-state index in [2.05, 4.69) is 36.5 Å². The average molecular weight is 323 g/mol. The number of hydrogen-bond acceptors (Lipinski definition) is 5. The molecule has 0 aliphatic rings. The summed E-state index contributed by atoms with van der Waals surface area (Å²) in [5.74, 6) is 1.85. The molecule has 2 N–H and O–H groups in total. The first kappa shape index (κ1) is 13.6. The number of benzene rings is 1. The summed E-state index contributed by atoms with van der Waals surface area (Å²) in [5, 5.41) is 6.19. The highest BCUT2D eigenvalue weighted by Gasteiger charge is 2.11. The molecule has 1 aromatic carbocycles. The largest absolute Gasteiger partial charge is 0.490 e. The van der Waals surface area contributed by atoms with Crippen LogP contribution in [0.4, 0.5) is 17.3 Å². The Morgan fingerprint density at radius 2 is 1.95 bits per heavy atom. The van der Waals surface area contributed by atoms with Crippen LogP contribution < -0.4 is 15.4 Å². The maximum atomic E-state index is 5.33. The van der Waals surface area contributed by atoms with Crippen LogP contribution in [0.25, 0.3) is 0 Å². The molecule has 100 valence electrons. The highest BCUT2D eigenvalue weighted by atomic mass is 79.9. The molecule has 5 nitrogen and oxygen atoms in total. The standard InChI is InChI=1S/C13H15BrN4O/c1-8-4-5-9(6-10(8)14)18-13-11(19-3)12(15-2)16-7-17-13/h4-7H,1-3H3,(H2,15,16,17,18). The quantitative estimate of drug-likeness (QED) is 0.904. The van der Waals surface area contributed by atoms with Gasteiger partial charge in [-0.3, -0.25) is 0 Å². The van der Waals surface area contributed by atoms with Crippen molar-refractivity contribution >= 4 is 33.3 Å². The summed E-state index contributed by atoms with van der Waals surface area (Å²) in [7, 11) is 3.38. The molecular formula is C13H15BrN4O. The van der Waals surface area contributed by atoms with Crippen molar-refractivity contribution < 1.29 is 4.74 Å². The van der Waals surface area contributed by atoms with Crippen LogP contribution in [0.5, 0.6) is 5.75 Å². The summed E-state index contributed by atoms with van der Waals surface area (Å²) in [6.07, 6.45) is 1.49. The van der Waals surface area contributed by atoms with Crippen molar-refractivity contribution in [2.75, 3.05) is 24.8 Å². The molecule has 0 spiro atoms. The summed E-state index contributed by atoms with van der Waals surface area (Å²) >= 11 is 3.51. The van der Waals surface area contributed by atoms with E-state index in [0.29, 0.717) is 17.4 Å². The SMILES string of the molecule is CNc1ncnc(Nc2ccc(C)c(Br)c2)c1OC. The second-order valence-corrected chi connectivity index (χ2v) is 4.80. The number of aryl methyl sites for hydroxylation is 1. The molecule has 0 unspecified atom stereocenters. The highest BCUT2D eigenvalue weighted by molar-refractivity contribution is 9.10. The molecular weight excluding hydrogens is 308 g/mol. The number of anilines is 3. The van der Waals surface area contributed by atoms with Crippen LogP contribution in [-0.4, -0.2) is 24.1 Å². The number of ether oxygens (including phenoxy) is 1. The van der Waals surface area contributed by atoms with Gasteiger partial charge in [-0.2, -0.15) is 0 Å². The van der Waals surface area contributed by atoms with Crippen molar-refractivity contribution in [3.05, 3.63) is 34.6 Å². The van der Waals surface area contributed by atoms with Crippen LogP contribution in [0, 0.1) is 6.92 Å². The normalized spacial score (nSPS) is 10.1. The molecule has 0 radical (unpaired) electrons. The fourth-order valence-electron chi connectivity index (χ4n) is 1.64. The van der Waals surface area contributed by atoms with Crippen molar-refractivity contribution in [3.8, 4) is 5.75 Å². The summed E-state index contributed by atoms with van der Waals surface area (Å²) in [6, 6.07) is 6.01. The molecule has 2 aromatic rings. The lowest BCUT2D eigenvalue weighted by Crippen LogP contribution is -2.03. The van der Waals surface area contributed by atoms with E-state index in [4.69, 9.17) is 4.74 Å². The average Bonchev–Trinajstić information content (AvgIpc) is 2.42. The number of aromatic nitrogens is 2. The predicted octanol–water partition coefficient (Wildman–Crippen LogP) is 3.34. The van der Waals surface area contributed by atoms with Gasteiger partial charge in [0.25, 0.3) is 0 Å². The highest BCUT2D eigenvalue weighted by Crippen LogP contribution is 2.31. The first-order chi connectivity index (χ1) is 9.15. The Morgan fingerprint density at radius 3 is 2.58 bits per heavy atom. The second-order valence-electron chi connectivity index (χ2n) is 3.94. The monoisotopic (exact) mass is 322 g/mol. The number of rotatable bonds is 4. The van der Waals surface area contributed by atoms with E-state index < -0.39 is 0 Å². The van der Waals surface area contributed by atoms with E-state index in [1.807, 2.05) is 25.1 Å². The van der Waals surface area contributed by atoms with Gasteiger partial charge in [0.05, 0.1) is 7.11 Å². The zero-order valence-electron chi connectivity index (χ0n) is 11.0. The molecule has 0 amide bonds. The molecule has 0 bridgehead atoms. The Balaban J connectivity index is 2.35. The van der Waals surface area contributed by atoms with Crippen LogP contribution in [-0.2, 0) is 0 Å². The fourth-order valence-corrected chi connectivity index (χ4v) is 2.02. The van der Waals surface area contributed by atoms with Gasteiger partial charge in [-0.25, -0.2) is 9.97 Å². The smallest absolute Gasteiger partial charge is 0.204 e. The van der Waals surface area contributed by atoms with E-state index >= 15 is 0 Å². The summed E-state index contributed by atoms with van der Waals surface area (Å²) in [6.45, 7) is 2.04. The zero-order chi connectivity index (χ0) is 13.8. The lowest BCUT2D eigenvalue weighted by atomic mass is 10.2. The van der Waals surface area contributed by atoms with Crippen LogP contribution in [0.2, 0.25) is 0 Å². The second kappa shape index (κ2) is 5.88. The van der Waals surface area contributed by atoms with Gasteiger partial charge in [-0.05, 0) is 24.6 Å². The van der Waals surface area contributed by atoms with E-state index in [-0.39, 0.29) is 0 Å². The molecule has 19 heavy (non-hydrogen) atoms. The number of nitrogens with one attached hydrogen (secondary N) is 2. The third kappa shape index (κ3) is 2.96. The van der Waals surface area contributed by atoms with Gasteiger partial charge in [0.1, 0.15) is 6.33 Å². The zero-order valence-corrected chi connectivity index (χ0v) is 12.6. The molecule has 0 fully saturated rings. The van der Waals surface area contributed by atoms with E-state index in [0.717, 1.165) is 10.2 Å². The van der Waals surface area contributed by atoms with Crippen molar-refractivity contribution in [1.29, 1.82) is 0 Å². The number of halogens is 1. The van der Waals surface area contributed by atoms with Gasteiger partial charge in [-0.15, -0.1) is 0 Å². The molecule has 1 heterocycles. The summed E-state index contributed by atoms with van der Waals surface area (Å²) in [5.41, 5.74) is 2.10. The van der Waals surface area contributed by atoms with Gasteiger partial charge in [-0.1, -0.05) is 22.0 Å². The summed E-state index contributed by atoms with van der Waals surface area (Å²) in [4.78, 5) is 8.31. The molecule has 0 atom stereocenters.